The molecule has 0 fully saturated rings. The molecule has 4 aromatic rings. The fourth-order valence-corrected chi connectivity index (χ4v) is 3.40. The minimum atomic E-state index is -0.235. The quantitative estimate of drug-likeness (QED) is 0.418. The number of aryl methyl sites for hydroxylation is 1. The first-order valence-electron chi connectivity index (χ1n) is 10.1. The first-order chi connectivity index (χ1) is 15.7. The van der Waals surface area contributed by atoms with E-state index in [0.29, 0.717) is 24.6 Å². The highest BCUT2D eigenvalue weighted by atomic mass is 16.5. The SMILES string of the molecule is COc1ccc(-c2n[nH]c(CNC(=O)/C=C/c3cn(CCC#N)c4ccccc34)n2)cc1. The molecule has 2 aromatic carbocycles. The molecular weight excluding hydrogens is 404 g/mol. The normalized spacial score (nSPS) is 11.0. The van der Waals surface area contributed by atoms with E-state index in [2.05, 4.69) is 26.6 Å². The highest BCUT2D eigenvalue weighted by Crippen LogP contribution is 2.23. The van der Waals surface area contributed by atoms with E-state index in [9.17, 15) is 4.79 Å². The Morgan fingerprint density at radius 2 is 2.06 bits per heavy atom. The van der Waals surface area contributed by atoms with Gasteiger partial charge in [-0.1, -0.05) is 18.2 Å². The molecule has 0 atom stereocenters. The van der Waals surface area contributed by atoms with Crippen molar-refractivity contribution in [3.8, 4) is 23.2 Å². The fourth-order valence-electron chi connectivity index (χ4n) is 3.40. The maximum Gasteiger partial charge on any atom is 0.244 e. The summed E-state index contributed by atoms with van der Waals surface area (Å²) in [5, 5.41) is 19.8. The lowest BCUT2D eigenvalue weighted by Gasteiger charge is -2.00. The van der Waals surface area contributed by atoms with Crippen molar-refractivity contribution >= 4 is 22.9 Å². The lowest BCUT2D eigenvalue weighted by molar-refractivity contribution is -0.116. The van der Waals surface area contributed by atoms with Gasteiger partial charge in [0.25, 0.3) is 0 Å². The minimum Gasteiger partial charge on any atom is -0.497 e. The Kier molecular flexibility index (Phi) is 6.28. The van der Waals surface area contributed by atoms with Crippen LogP contribution in [0.4, 0.5) is 0 Å². The van der Waals surface area contributed by atoms with Gasteiger partial charge in [0, 0.05) is 40.8 Å². The minimum absolute atomic E-state index is 0.232. The Bertz CT molecular complexity index is 1290. The number of carbonyl (C=O) groups is 1. The highest BCUT2D eigenvalue weighted by molar-refractivity contribution is 5.96. The maximum atomic E-state index is 12.3. The van der Waals surface area contributed by atoms with Gasteiger partial charge in [-0.2, -0.15) is 10.4 Å². The van der Waals surface area contributed by atoms with E-state index in [4.69, 9.17) is 10.00 Å². The van der Waals surface area contributed by atoms with Gasteiger partial charge in [-0.3, -0.25) is 9.89 Å². The molecule has 0 aliphatic heterocycles. The lowest BCUT2D eigenvalue weighted by atomic mass is 10.1. The third-order valence-corrected chi connectivity index (χ3v) is 5.01. The number of nitrogens with one attached hydrogen (secondary N) is 2. The average molecular weight is 426 g/mol. The number of hydrogen-bond acceptors (Lipinski definition) is 5. The summed E-state index contributed by atoms with van der Waals surface area (Å²) in [6, 6.07) is 17.5. The monoisotopic (exact) mass is 426 g/mol. The molecule has 0 aliphatic carbocycles. The van der Waals surface area contributed by atoms with Crippen LogP contribution < -0.4 is 10.1 Å². The Morgan fingerprint density at radius 3 is 2.84 bits per heavy atom. The van der Waals surface area contributed by atoms with Crippen LogP contribution >= 0.6 is 0 Å². The Balaban J connectivity index is 1.39. The van der Waals surface area contributed by atoms with Crippen molar-refractivity contribution in [2.45, 2.75) is 19.5 Å². The topological polar surface area (TPSA) is 109 Å². The number of methoxy groups -OCH3 is 1. The molecule has 2 aromatic heterocycles. The Morgan fingerprint density at radius 1 is 1.25 bits per heavy atom. The zero-order chi connectivity index (χ0) is 22.3. The molecule has 160 valence electrons. The van der Waals surface area contributed by atoms with Gasteiger partial charge < -0.3 is 14.6 Å². The van der Waals surface area contributed by atoms with Gasteiger partial charge in [-0.05, 0) is 36.4 Å². The molecule has 4 rings (SSSR count). The van der Waals surface area contributed by atoms with Crippen LogP contribution in [0.2, 0.25) is 0 Å². The van der Waals surface area contributed by atoms with Crippen LogP contribution in [-0.2, 0) is 17.9 Å². The Labute approximate surface area is 185 Å². The number of aromatic amines is 1. The summed E-state index contributed by atoms with van der Waals surface area (Å²) in [6.45, 7) is 0.843. The van der Waals surface area contributed by atoms with Crippen LogP contribution in [0.25, 0.3) is 28.4 Å². The largest absolute Gasteiger partial charge is 0.497 e. The molecule has 1 amide bonds. The molecule has 0 bridgehead atoms. The third kappa shape index (κ3) is 4.68. The summed E-state index contributed by atoms with van der Waals surface area (Å²) in [5.41, 5.74) is 2.82. The third-order valence-electron chi connectivity index (χ3n) is 5.01. The predicted molar refractivity (Wildman–Crippen MR) is 121 cm³/mol. The van der Waals surface area contributed by atoms with Gasteiger partial charge in [-0.25, -0.2) is 4.98 Å². The standard InChI is InChI=1S/C24H22N6O2/c1-32-19-10-7-17(8-11-19)24-27-22(28-29-24)15-26-23(31)12-9-18-16-30(14-4-13-25)21-6-3-2-5-20(18)21/h2-3,5-12,16H,4,14-15H2,1H3,(H,26,31)(H,27,28,29)/b12-9+. The summed E-state index contributed by atoms with van der Waals surface area (Å²) >= 11 is 0. The fraction of sp³-hybridized carbons (Fsp3) is 0.167. The second kappa shape index (κ2) is 9.62. The number of rotatable bonds is 8. The van der Waals surface area contributed by atoms with Crippen molar-refractivity contribution in [1.82, 2.24) is 25.1 Å². The van der Waals surface area contributed by atoms with Crippen LogP contribution in [-0.4, -0.2) is 32.8 Å². The zero-order valence-electron chi connectivity index (χ0n) is 17.6. The van der Waals surface area contributed by atoms with Crippen molar-refractivity contribution in [1.29, 1.82) is 5.26 Å². The molecule has 2 heterocycles. The van der Waals surface area contributed by atoms with E-state index in [1.54, 1.807) is 13.2 Å². The second-order valence-electron chi connectivity index (χ2n) is 7.09. The first-order valence-corrected chi connectivity index (χ1v) is 10.1. The number of para-hydroxylation sites is 1. The molecule has 8 heteroatoms. The molecule has 0 spiro atoms. The summed E-state index contributed by atoms with van der Waals surface area (Å²) in [4.78, 5) is 16.8. The van der Waals surface area contributed by atoms with Gasteiger partial charge in [0.2, 0.25) is 5.91 Å². The number of benzene rings is 2. The van der Waals surface area contributed by atoms with Crippen LogP contribution in [0.5, 0.6) is 5.75 Å². The number of carbonyl (C=O) groups excluding carboxylic acids is 1. The zero-order valence-corrected chi connectivity index (χ0v) is 17.6. The van der Waals surface area contributed by atoms with Gasteiger partial charge in [0.1, 0.15) is 11.6 Å². The molecule has 0 radical (unpaired) electrons. The number of hydrogen-bond donors (Lipinski definition) is 2. The van der Waals surface area contributed by atoms with Crippen molar-refractivity contribution in [2.75, 3.05) is 7.11 Å². The summed E-state index contributed by atoms with van der Waals surface area (Å²) in [6.07, 6.45) is 5.67. The summed E-state index contributed by atoms with van der Waals surface area (Å²) < 4.78 is 7.19. The maximum absolute atomic E-state index is 12.3. The molecule has 0 saturated carbocycles. The number of H-pyrrole nitrogens is 1. The van der Waals surface area contributed by atoms with Gasteiger partial charge in [0.15, 0.2) is 5.82 Å². The van der Waals surface area contributed by atoms with Crippen LogP contribution in [0.3, 0.4) is 0 Å². The van der Waals surface area contributed by atoms with Crippen molar-refractivity contribution in [3.63, 3.8) is 0 Å². The number of aromatic nitrogens is 4. The molecule has 0 saturated heterocycles. The van der Waals surface area contributed by atoms with E-state index in [-0.39, 0.29) is 12.5 Å². The van der Waals surface area contributed by atoms with Gasteiger partial charge in [-0.15, -0.1) is 0 Å². The van der Waals surface area contributed by atoms with Crippen molar-refractivity contribution in [3.05, 3.63) is 72.2 Å². The molecule has 32 heavy (non-hydrogen) atoms. The summed E-state index contributed by atoms with van der Waals surface area (Å²) in [7, 11) is 1.61. The second-order valence-corrected chi connectivity index (χ2v) is 7.09. The number of amides is 1. The van der Waals surface area contributed by atoms with Gasteiger partial charge >= 0.3 is 0 Å². The smallest absolute Gasteiger partial charge is 0.244 e. The van der Waals surface area contributed by atoms with E-state index in [0.717, 1.165) is 27.8 Å². The van der Waals surface area contributed by atoms with Crippen molar-refractivity contribution < 1.29 is 9.53 Å². The summed E-state index contributed by atoms with van der Waals surface area (Å²) in [5.74, 6) is 1.64. The molecule has 2 N–H and O–H groups in total. The molecule has 0 aliphatic rings. The average Bonchev–Trinajstić information content (AvgIpc) is 3.45. The van der Waals surface area contributed by atoms with E-state index in [1.165, 1.54) is 6.08 Å². The first kappa shape index (κ1) is 20.9. The van der Waals surface area contributed by atoms with Crippen molar-refractivity contribution in [2.24, 2.45) is 0 Å². The van der Waals surface area contributed by atoms with Crippen LogP contribution in [0, 0.1) is 11.3 Å². The molecule has 0 unspecified atom stereocenters. The van der Waals surface area contributed by atoms with Crippen LogP contribution in [0.1, 0.15) is 17.8 Å². The van der Waals surface area contributed by atoms with E-state index in [1.807, 2.05) is 59.3 Å². The molecule has 8 nitrogen and oxygen atoms in total. The lowest BCUT2D eigenvalue weighted by Crippen LogP contribution is -2.20. The van der Waals surface area contributed by atoms with Crippen LogP contribution in [0.15, 0.2) is 60.8 Å². The van der Waals surface area contributed by atoms with E-state index >= 15 is 0 Å². The number of nitriles is 1. The highest BCUT2D eigenvalue weighted by Gasteiger charge is 2.08. The van der Waals surface area contributed by atoms with Gasteiger partial charge in [0.05, 0.1) is 26.1 Å². The molecular formula is C24H22N6O2. The Hall–Kier alpha value is -4.38. The number of nitrogens with zero attached hydrogens (tertiary/aromatic N) is 4. The predicted octanol–water partition coefficient (Wildman–Crippen LogP) is 3.68. The number of ether oxygens (including phenoxy) is 1. The number of fused-ring (bicyclic) bond motifs is 1. The van der Waals surface area contributed by atoms with E-state index < -0.39 is 0 Å².